The van der Waals surface area contributed by atoms with Crippen molar-refractivity contribution in [2.24, 2.45) is 7.05 Å². The smallest absolute Gasteiger partial charge is 0.202 e. The number of anilines is 1. The fraction of sp³-hybridized carbons (Fsp3) is 0.333. The highest BCUT2D eigenvalue weighted by Gasteiger charge is 2.07. The van der Waals surface area contributed by atoms with E-state index >= 15 is 0 Å². The molecule has 0 spiro atoms. The van der Waals surface area contributed by atoms with Crippen molar-refractivity contribution in [3.05, 3.63) is 18.1 Å². The molecular formula is C9H13N5. The Kier molecular flexibility index (Phi) is 1.99. The van der Waals surface area contributed by atoms with Gasteiger partial charge in [0.05, 0.1) is 0 Å². The highest BCUT2D eigenvalue weighted by molar-refractivity contribution is 5.52. The maximum absolute atomic E-state index is 4.37. The van der Waals surface area contributed by atoms with E-state index in [1.807, 2.05) is 31.8 Å². The molecule has 0 atom stereocenters. The molecule has 0 amide bonds. The molecule has 2 N–H and O–H groups in total. The van der Waals surface area contributed by atoms with Crippen LogP contribution in [0.4, 0.5) is 5.95 Å². The van der Waals surface area contributed by atoms with Gasteiger partial charge >= 0.3 is 0 Å². The van der Waals surface area contributed by atoms with E-state index in [0.717, 1.165) is 23.2 Å². The molecule has 0 aliphatic rings. The first-order chi connectivity index (χ1) is 6.70. The standard InChI is InChI=1S/C9H13N5/c1-6-4-11-8(12-6)7-5-14(3)9(10-2)13-7/h4-5H,1-3H3,(H,10,13)(H,11,12). The average Bonchev–Trinajstić information content (AvgIpc) is 2.71. The van der Waals surface area contributed by atoms with Gasteiger partial charge in [0, 0.05) is 32.2 Å². The van der Waals surface area contributed by atoms with E-state index in [2.05, 4.69) is 20.3 Å². The van der Waals surface area contributed by atoms with E-state index < -0.39 is 0 Å². The van der Waals surface area contributed by atoms with Crippen molar-refractivity contribution in [1.82, 2.24) is 19.5 Å². The Bertz CT molecular complexity index is 440. The Morgan fingerprint density at radius 3 is 2.79 bits per heavy atom. The van der Waals surface area contributed by atoms with Crippen LogP contribution in [0.3, 0.4) is 0 Å². The summed E-state index contributed by atoms with van der Waals surface area (Å²) in [7, 11) is 3.79. The molecule has 0 radical (unpaired) electrons. The summed E-state index contributed by atoms with van der Waals surface area (Å²) >= 11 is 0. The van der Waals surface area contributed by atoms with Crippen LogP contribution in [0.15, 0.2) is 12.4 Å². The molecule has 5 heteroatoms. The zero-order valence-electron chi connectivity index (χ0n) is 8.50. The third-order valence-corrected chi connectivity index (χ3v) is 2.05. The Balaban J connectivity index is 2.42. The topological polar surface area (TPSA) is 58.5 Å². The summed E-state index contributed by atoms with van der Waals surface area (Å²) in [4.78, 5) is 11.7. The van der Waals surface area contributed by atoms with Gasteiger partial charge in [0.2, 0.25) is 5.95 Å². The lowest BCUT2D eigenvalue weighted by Gasteiger charge is -1.95. The average molecular weight is 191 g/mol. The molecule has 0 saturated heterocycles. The Morgan fingerprint density at radius 2 is 2.29 bits per heavy atom. The van der Waals surface area contributed by atoms with Crippen molar-refractivity contribution in [2.45, 2.75) is 6.92 Å². The molecule has 0 unspecified atom stereocenters. The number of nitrogens with one attached hydrogen (secondary N) is 2. The number of rotatable bonds is 2. The van der Waals surface area contributed by atoms with Crippen molar-refractivity contribution in [1.29, 1.82) is 0 Å². The third kappa shape index (κ3) is 1.37. The predicted octanol–water partition coefficient (Wildman–Crippen LogP) is 1.16. The predicted molar refractivity (Wildman–Crippen MR) is 55.1 cm³/mol. The fourth-order valence-corrected chi connectivity index (χ4v) is 1.36. The summed E-state index contributed by atoms with van der Waals surface area (Å²) in [5, 5.41) is 3.00. The number of aryl methyl sites for hydroxylation is 2. The van der Waals surface area contributed by atoms with E-state index in [1.54, 1.807) is 6.20 Å². The highest BCUT2D eigenvalue weighted by atomic mass is 15.2. The summed E-state index contributed by atoms with van der Waals surface area (Å²) in [5.41, 5.74) is 1.89. The maximum Gasteiger partial charge on any atom is 0.202 e. The number of imidazole rings is 2. The lowest BCUT2D eigenvalue weighted by atomic mass is 10.4. The van der Waals surface area contributed by atoms with Gasteiger partial charge in [0.25, 0.3) is 0 Å². The molecule has 2 aromatic rings. The number of aromatic amines is 1. The fourth-order valence-electron chi connectivity index (χ4n) is 1.36. The lowest BCUT2D eigenvalue weighted by molar-refractivity contribution is 0.919. The molecule has 0 aliphatic carbocycles. The van der Waals surface area contributed by atoms with Crippen LogP contribution in [0.5, 0.6) is 0 Å². The molecule has 0 bridgehead atoms. The van der Waals surface area contributed by atoms with Crippen LogP contribution < -0.4 is 5.32 Å². The van der Waals surface area contributed by atoms with Gasteiger partial charge in [-0.15, -0.1) is 0 Å². The molecule has 0 aliphatic heterocycles. The van der Waals surface area contributed by atoms with E-state index in [9.17, 15) is 0 Å². The summed E-state index contributed by atoms with van der Waals surface area (Å²) in [6.45, 7) is 1.97. The van der Waals surface area contributed by atoms with Crippen LogP contribution >= 0.6 is 0 Å². The molecule has 0 aromatic carbocycles. The van der Waals surface area contributed by atoms with Gasteiger partial charge < -0.3 is 14.9 Å². The molecule has 74 valence electrons. The van der Waals surface area contributed by atoms with Crippen LogP contribution in [0.1, 0.15) is 5.69 Å². The monoisotopic (exact) mass is 191 g/mol. The number of hydrogen-bond acceptors (Lipinski definition) is 3. The minimum atomic E-state index is 0.805. The number of hydrogen-bond donors (Lipinski definition) is 2. The Labute approximate surface area is 82.2 Å². The number of aromatic nitrogens is 4. The van der Waals surface area contributed by atoms with Crippen molar-refractivity contribution in [2.75, 3.05) is 12.4 Å². The van der Waals surface area contributed by atoms with Gasteiger partial charge in [-0.25, -0.2) is 9.97 Å². The molecule has 0 saturated carbocycles. The largest absolute Gasteiger partial charge is 0.359 e. The van der Waals surface area contributed by atoms with Crippen LogP contribution in [0.25, 0.3) is 11.5 Å². The molecule has 0 fully saturated rings. The van der Waals surface area contributed by atoms with Gasteiger partial charge in [0.1, 0.15) is 5.69 Å². The SMILES string of the molecule is CNc1nc(-c2ncc(C)[nH]2)cn1C. The van der Waals surface area contributed by atoms with E-state index in [4.69, 9.17) is 0 Å². The second kappa shape index (κ2) is 3.17. The van der Waals surface area contributed by atoms with Crippen LogP contribution in [-0.2, 0) is 7.05 Å². The van der Waals surface area contributed by atoms with Gasteiger partial charge in [-0.2, -0.15) is 0 Å². The van der Waals surface area contributed by atoms with Crippen molar-refractivity contribution >= 4 is 5.95 Å². The zero-order valence-corrected chi connectivity index (χ0v) is 8.50. The minimum absolute atomic E-state index is 0.805. The van der Waals surface area contributed by atoms with Gasteiger partial charge in [-0.3, -0.25) is 0 Å². The first-order valence-electron chi connectivity index (χ1n) is 4.44. The van der Waals surface area contributed by atoms with E-state index in [0.29, 0.717) is 0 Å². The summed E-state index contributed by atoms with van der Waals surface area (Å²) in [5.74, 6) is 1.63. The zero-order chi connectivity index (χ0) is 10.1. The van der Waals surface area contributed by atoms with E-state index in [1.165, 1.54) is 0 Å². The highest BCUT2D eigenvalue weighted by Crippen LogP contribution is 2.16. The summed E-state index contributed by atoms with van der Waals surface area (Å²) in [6, 6.07) is 0. The quantitative estimate of drug-likeness (QED) is 0.748. The molecule has 14 heavy (non-hydrogen) atoms. The third-order valence-electron chi connectivity index (χ3n) is 2.05. The molecule has 2 rings (SSSR count). The van der Waals surface area contributed by atoms with Gasteiger partial charge in [-0.1, -0.05) is 0 Å². The normalized spacial score (nSPS) is 10.5. The van der Waals surface area contributed by atoms with Crippen LogP contribution in [0, 0.1) is 6.92 Å². The molecule has 2 heterocycles. The Morgan fingerprint density at radius 1 is 1.50 bits per heavy atom. The molecule has 5 nitrogen and oxygen atoms in total. The number of nitrogens with zero attached hydrogens (tertiary/aromatic N) is 3. The Hall–Kier alpha value is -1.78. The lowest BCUT2D eigenvalue weighted by Crippen LogP contribution is -1.96. The molecule has 2 aromatic heterocycles. The van der Waals surface area contributed by atoms with E-state index in [-0.39, 0.29) is 0 Å². The second-order valence-electron chi connectivity index (χ2n) is 3.23. The van der Waals surface area contributed by atoms with Gasteiger partial charge in [-0.05, 0) is 6.92 Å². The first kappa shape index (κ1) is 8.80. The van der Waals surface area contributed by atoms with Crippen molar-refractivity contribution in [3.63, 3.8) is 0 Å². The van der Waals surface area contributed by atoms with Crippen molar-refractivity contribution < 1.29 is 0 Å². The minimum Gasteiger partial charge on any atom is -0.359 e. The summed E-state index contributed by atoms with van der Waals surface area (Å²) in [6.07, 6.45) is 3.73. The first-order valence-corrected chi connectivity index (χ1v) is 4.44. The number of H-pyrrole nitrogens is 1. The maximum atomic E-state index is 4.37. The second-order valence-corrected chi connectivity index (χ2v) is 3.23. The van der Waals surface area contributed by atoms with Crippen molar-refractivity contribution in [3.8, 4) is 11.5 Å². The van der Waals surface area contributed by atoms with Gasteiger partial charge in [0.15, 0.2) is 5.82 Å². The van der Waals surface area contributed by atoms with Crippen LogP contribution in [-0.4, -0.2) is 26.6 Å². The summed E-state index contributed by atoms with van der Waals surface area (Å²) < 4.78 is 1.92. The molecular weight excluding hydrogens is 178 g/mol. The van der Waals surface area contributed by atoms with Crippen LogP contribution in [0.2, 0.25) is 0 Å².